The summed E-state index contributed by atoms with van der Waals surface area (Å²) in [6, 6.07) is 9.60. The second kappa shape index (κ2) is 4.40. The Bertz CT molecular complexity index is 152. The molecule has 0 heterocycles. The summed E-state index contributed by atoms with van der Waals surface area (Å²) in [5.74, 6) is 0.873. The standard InChI is InChI=1S/C6H6O.Al.O/c7-6-4-2-1-3-5-6;;/h1-5,7H;;/q;+3;-2/p-1. The van der Waals surface area contributed by atoms with E-state index in [1.807, 2.05) is 30.3 Å². The van der Waals surface area contributed by atoms with Gasteiger partial charge in [-0.3, -0.25) is 0 Å². The fourth-order valence-electron chi connectivity index (χ4n) is 0.499. The molecule has 0 fully saturated rings. The maximum Gasteiger partial charge on any atom is -2.00 e. The van der Waals surface area contributed by atoms with Crippen LogP contribution in [0, 0.1) is 0 Å². The van der Waals surface area contributed by atoms with E-state index in [9.17, 15) is 0 Å². The van der Waals surface area contributed by atoms with Crippen LogP contribution in [0.15, 0.2) is 30.3 Å². The van der Waals surface area contributed by atoms with Crippen molar-refractivity contribution in [1.82, 2.24) is 0 Å². The summed E-state index contributed by atoms with van der Waals surface area (Å²) >= 11 is 2.19. The number of hydrogen-bond donors (Lipinski definition) is 0. The Morgan fingerprint density at radius 1 is 1.11 bits per heavy atom. The first kappa shape index (κ1) is 8.51. The van der Waals surface area contributed by atoms with E-state index in [1.165, 1.54) is 0 Å². The Morgan fingerprint density at radius 3 is 2.00 bits per heavy atom. The quantitative estimate of drug-likeness (QED) is 0.531. The molecule has 0 aliphatic heterocycles. The van der Waals surface area contributed by atoms with E-state index in [0.717, 1.165) is 5.75 Å². The molecule has 0 spiro atoms. The first-order valence-corrected chi connectivity index (χ1v) is 2.82. The molecule has 1 rings (SSSR count). The molecule has 0 aromatic heterocycles. The molecule has 44 valence electrons. The van der Waals surface area contributed by atoms with Gasteiger partial charge in [0.05, 0.1) is 0 Å². The molecular weight excluding hydrogens is 131 g/mol. The molecule has 0 amide bonds. The predicted molar refractivity (Wildman–Crippen MR) is 33.5 cm³/mol. The molecule has 2 nitrogen and oxygen atoms in total. The zero-order valence-corrected chi connectivity index (χ0v) is 5.94. The molecule has 0 aliphatic rings. The minimum absolute atomic E-state index is 0. The van der Waals surface area contributed by atoms with Crippen LogP contribution in [0.5, 0.6) is 5.75 Å². The Labute approximate surface area is 62.5 Å². The first-order valence-electron chi connectivity index (χ1n) is 2.35. The van der Waals surface area contributed by atoms with E-state index in [4.69, 9.17) is 3.79 Å². The fourth-order valence-corrected chi connectivity index (χ4v) is 0.656. The molecule has 0 radical (unpaired) electrons. The van der Waals surface area contributed by atoms with Crippen molar-refractivity contribution in [3.63, 3.8) is 0 Å². The Kier molecular flexibility index (Phi) is 4.16. The maximum atomic E-state index is 4.83. The zero-order chi connectivity index (χ0) is 5.82. The minimum Gasteiger partial charge on any atom is -2.00 e. The Hall–Kier alpha value is -0.488. The van der Waals surface area contributed by atoms with Crippen LogP contribution in [0.1, 0.15) is 0 Å². The van der Waals surface area contributed by atoms with Crippen LogP contribution in [0.4, 0.5) is 0 Å². The van der Waals surface area contributed by atoms with Crippen LogP contribution in [-0.2, 0) is 5.48 Å². The molecular formula is C6H5AlO2. The van der Waals surface area contributed by atoms with Crippen LogP contribution in [0.3, 0.4) is 0 Å². The molecule has 0 saturated carbocycles. The number of hydrogen-bond acceptors (Lipinski definition) is 1. The van der Waals surface area contributed by atoms with Gasteiger partial charge in [0.25, 0.3) is 0 Å². The van der Waals surface area contributed by atoms with Gasteiger partial charge in [-0.1, -0.05) is 0 Å². The van der Waals surface area contributed by atoms with E-state index in [1.54, 1.807) is 0 Å². The van der Waals surface area contributed by atoms with Crippen molar-refractivity contribution in [1.29, 1.82) is 0 Å². The predicted octanol–water partition coefficient (Wildman–Crippen LogP) is 1.03. The second-order valence-electron chi connectivity index (χ2n) is 1.43. The summed E-state index contributed by atoms with van der Waals surface area (Å²) in [5, 5.41) is 0. The van der Waals surface area contributed by atoms with Gasteiger partial charge in [0, 0.05) is 0 Å². The normalized spacial score (nSPS) is 7.78. The maximum absolute atomic E-state index is 4.83. The van der Waals surface area contributed by atoms with E-state index < -0.39 is 0 Å². The molecule has 1 aromatic rings. The molecule has 0 N–H and O–H groups in total. The minimum atomic E-state index is 0. The molecule has 9 heavy (non-hydrogen) atoms. The molecule has 0 aliphatic carbocycles. The van der Waals surface area contributed by atoms with Crippen molar-refractivity contribution in [2.24, 2.45) is 0 Å². The summed E-state index contributed by atoms with van der Waals surface area (Å²) in [6.45, 7) is 0. The smallest absolute Gasteiger partial charge is 2.00 e. The largest absolute Gasteiger partial charge is 2.00 e. The van der Waals surface area contributed by atoms with Crippen LogP contribution < -0.4 is 3.79 Å². The van der Waals surface area contributed by atoms with Crippen LogP contribution in [0.2, 0.25) is 0 Å². The third-order valence-electron chi connectivity index (χ3n) is 0.879. The van der Waals surface area contributed by atoms with Crippen molar-refractivity contribution < 1.29 is 9.26 Å². The van der Waals surface area contributed by atoms with Gasteiger partial charge >= 0.3 is 56.5 Å². The van der Waals surface area contributed by atoms with Gasteiger partial charge in [0.2, 0.25) is 0 Å². The molecule has 0 saturated heterocycles. The van der Waals surface area contributed by atoms with Gasteiger partial charge in [-0.2, -0.15) is 0 Å². The third-order valence-corrected chi connectivity index (χ3v) is 1.15. The van der Waals surface area contributed by atoms with Crippen molar-refractivity contribution in [3.8, 4) is 5.75 Å². The van der Waals surface area contributed by atoms with E-state index in [0.29, 0.717) is 0 Å². The average Bonchev–Trinajstić information content (AvgIpc) is 1.90. The van der Waals surface area contributed by atoms with Gasteiger partial charge in [-0.05, 0) is 0 Å². The molecule has 0 unspecified atom stereocenters. The fraction of sp³-hybridized carbons (Fsp3) is 0. The van der Waals surface area contributed by atoms with Gasteiger partial charge in [-0.15, -0.1) is 0 Å². The van der Waals surface area contributed by atoms with Gasteiger partial charge in [-0.25, -0.2) is 0 Å². The topological polar surface area (TPSA) is 37.7 Å². The van der Waals surface area contributed by atoms with Crippen molar-refractivity contribution in [2.45, 2.75) is 0 Å². The molecule has 0 bridgehead atoms. The monoisotopic (exact) mass is 136 g/mol. The van der Waals surface area contributed by atoms with E-state index in [2.05, 4.69) is 16.6 Å². The van der Waals surface area contributed by atoms with Crippen LogP contribution in [0.25, 0.3) is 0 Å². The van der Waals surface area contributed by atoms with Crippen molar-refractivity contribution >= 4 is 16.6 Å². The van der Waals surface area contributed by atoms with Crippen LogP contribution >= 0.6 is 0 Å². The second-order valence-corrected chi connectivity index (χ2v) is 1.67. The van der Waals surface area contributed by atoms with Crippen LogP contribution in [-0.4, -0.2) is 16.6 Å². The number of benzene rings is 1. The van der Waals surface area contributed by atoms with Gasteiger partial charge in [0.1, 0.15) is 0 Å². The van der Waals surface area contributed by atoms with Gasteiger partial charge < -0.3 is 5.48 Å². The first-order chi connectivity index (χ1) is 3.93. The van der Waals surface area contributed by atoms with E-state index in [-0.39, 0.29) is 5.48 Å². The number of para-hydroxylation sites is 1. The zero-order valence-electron chi connectivity index (χ0n) is 4.78. The summed E-state index contributed by atoms with van der Waals surface area (Å²) in [4.78, 5) is 0. The molecule has 3 heteroatoms. The third kappa shape index (κ3) is 2.52. The Balaban J connectivity index is 0.000000640. The van der Waals surface area contributed by atoms with Gasteiger partial charge in [0.15, 0.2) is 0 Å². The summed E-state index contributed by atoms with van der Waals surface area (Å²) in [5.41, 5.74) is 0. The SMILES string of the molecule is [Al+2][O]c1ccccc1.[O-2]. The summed E-state index contributed by atoms with van der Waals surface area (Å²) < 4.78 is 4.83. The van der Waals surface area contributed by atoms with E-state index >= 15 is 0 Å². The summed E-state index contributed by atoms with van der Waals surface area (Å²) in [6.07, 6.45) is 0. The average molecular weight is 136 g/mol. The molecule has 0 atom stereocenters. The Morgan fingerprint density at radius 2 is 1.67 bits per heavy atom. The summed E-state index contributed by atoms with van der Waals surface area (Å²) in [7, 11) is 0. The molecule has 1 aromatic carbocycles. The number of rotatable bonds is 1. The van der Waals surface area contributed by atoms with Crippen molar-refractivity contribution in [2.75, 3.05) is 0 Å². The van der Waals surface area contributed by atoms with Crippen molar-refractivity contribution in [3.05, 3.63) is 30.3 Å².